The van der Waals surface area contributed by atoms with Crippen LogP contribution in [0.4, 0.5) is 13.2 Å². The number of para-hydroxylation sites is 1. The van der Waals surface area contributed by atoms with E-state index >= 15 is 0 Å². The molecule has 0 unspecified atom stereocenters. The number of fused-ring (bicyclic) bond motifs is 1. The molecule has 0 bridgehead atoms. The van der Waals surface area contributed by atoms with Crippen molar-refractivity contribution in [2.75, 3.05) is 13.7 Å². The Morgan fingerprint density at radius 3 is 2.55 bits per heavy atom. The van der Waals surface area contributed by atoms with Gasteiger partial charge in [-0.05, 0) is 46.2 Å². The van der Waals surface area contributed by atoms with E-state index in [1.54, 1.807) is 54.0 Å². The molecule has 0 amide bonds. The largest absolute Gasteiger partial charge is 0.493 e. The molecule has 0 fully saturated rings. The summed E-state index contributed by atoms with van der Waals surface area (Å²) in [6, 6.07) is 5.40. The Morgan fingerprint density at radius 1 is 1.23 bits per heavy atom. The summed E-state index contributed by atoms with van der Waals surface area (Å²) in [4.78, 5) is 16.8. The quantitative estimate of drug-likeness (QED) is 0.358. The molecular weight excluding hydrogens is 544 g/mol. The Morgan fingerprint density at radius 2 is 1.94 bits per heavy atom. The van der Waals surface area contributed by atoms with Crippen molar-refractivity contribution in [3.63, 3.8) is 0 Å². The van der Waals surface area contributed by atoms with Crippen LogP contribution in [0.1, 0.15) is 37.7 Å². The van der Waals surface area contributed by atoms with Gasteiger partial charge in [0.15, 0.2) is 16.5 Å². The normalized spacial score (nSPS) is 12.6. The van der Waals surface area contributed by atoms with Crippen molar-refractivity contribution in [3.8, 4) is 11.5 Å². The molecule has 0 spiro atoms. The van der Waals surface area contributed by atoms with Crippen LogP contribution in [0.25, 0.3) is 17.1 Å². The van der Waals surface area contributed by atoms with E-state index in [0.717, 1.165) is 16.7 Å². The number of methoxy groups -OCH3 is 1. The topological polar surface area (TPSA) is 52.8 Å². The van der Waals surface area contributed by atoms with E-state index in [2.05, 4.69) is 4.98 Å². The van der Waals surface area contributed by atoms with Crippen LogP contribution < -0.4 is 15.0 Å². The lowest BCUT2D eigenvalue weighted by Gasteiger charge is -2.21. The molecule has 10 heteroatoms. The van der Waals surface area contributed by atoms with E-state index in [0.29, 0.717) is 28.1 Å². The third kappa shape index (κ3) is 5.22. The third-order valence-electron chi connectivity index (χ3n) is 4.13. The molecule has 3 rings (SSSR count). The Labute approximate surface area is 194 Å². The lowest BCUT2D eigenvalue weighted by atomic mass is 9.98. The van der Waals surface area contributed by atoms with Crippen molar-refractivity contribution in [2.45, 2.75) is 26.9 Å². The van der Waals surface area contributed by atoms with Crippen molar-refractivity contribution in [3.05, 3.63) is 54.5 Å². The van der Waals surface area contributed by atoms with Gasteiger partial charge in [0.25, 0.3) is 5.56 Å². The minimum atomic E-state index is -4.63. The van der Waals surface area contributed by atoms with Crippen LogP contribution in [-0.2, 0) is 6.18 Å². The minimum Gasteiger partial charge on any atom is -0.493 e. The van der Waals surface area contributed by atoms with Gasteiger partial charge in [0.1, 0.15) is 9.26 Å². The van der Waals surface area contributed by atoms with Crippen LogP contribution >= 0.6 is 33.9 Å². The van der Waals surface area contributed by atoms with Gasteiger partial charge in [-0.1, -0.05) is 32.9 Å². The van der Waals surface area contributed by atoms with Gasteiger partial charge >= 0.3 is 6.18 Å². The molecule has 0 aliphatic rings. The van der Waals surface area contributed by atoms with Crippen LogP contribution in [0.5, 0.6) is 11.5 Å². The fourth-order valence-electron chi connectivity index (χ4n) is 2.69. The number of halogens is 4. The lowest BCUT2D eigenvalue weighted by molar-refractivity contribution is -0.141. The predicted molar refractivity (Wildman–Crippen MR) is 124 cm³/mol. The SMILES string of the molecule is COc1cccc(C=Cc2nc3scc(C(F)(F)F)n3c(=O)c2I)c1OCC(C)(C)C. The van der Waals surface area contributed by atoms with Gasteiger partial charge in [0, 0.05) is 10.9 Å². The summed E-state index contributed by atoms with van der Waals surface area (Å²) in [5.41, 5.74) is -0.875. The Kier molecular flexibility index (Phi) is 6.70. The molecule has 3 aromatic rings. The van der Waals surface area contributed by atoms with Gasteiger partial charge in [0.05, 0.1) is 19.4 Å². The van der Waals surface area contributed by atoms with Gasteiger partial charge in [-0.15, -0.1) is 11.3 Å². The van der Waals surface area contributed by atoms with Crippen molar-refractivity contribution in [1.29, 1.82) is 0 Å². The fourth-order valence-corrected chi connectivity index (χ4v) is 4.13. The average Bonchev–Trinajstić information content (AvgIpc) is 3.12. The molecule has 0 aliphatic carbocycles. The molecule has 1 aromatic carbocycles. The van der Waals surface area contributed by atoms with Crippen molar-refractivity contribution in [2.24, 2.45) is 5.41 Å². The number of benzene rings is 1. The summed E-state index contributed by atoms with van der Waals surface area (Å²) in [6.07, 6.45) is -1.34. The summed E-state index contributed by atoms with van der Waals surface area (Å²) in [7, 11) is 1.54. The van der Waals surface area contributed by atoms with E-state index < -0.39 is 17.4 Å². The maximum Gasteiger partial charge on any atom is 0.432 e. The molecule has 5 nitrogen and oxygen atoms in total. The number of nitrogens with zero attached hydrogens (tertiary/aromatic N) is 2. The fraction of sp³-hybridized carbons (Fsp3) is 0.333. The van der Waals surface area contributed by atoms with E-state index in [-0.39, 0.29) is 19.6 Å². The second-order valence-electron chi connectivity index (χ2n) is 7.91. The van der Waals surface area contributed by atoms with Crippen molar-refractivity contribution >= 4 is 51.0 Å². The van der Waals surface area contributed by atoms with E-state index in [1.165, 1.54) is 0 Å². The molecule has 0 aliphatic heterocycles. The van der Waals surface area contributed by atoms with E-state index in [1.807, 2.05) is 26.8 Å². The average molecular weight is 564 g/mol. The smallest absolute Gasteiger partial charge is 0.432 e. The first-order valence-corrected chi connectivity index (χ1v) is 11.1. The number of ether oxygens (including phenoxy) is 2. The number of hydrogen-bond acceptors (Lipinski definition) is 5. The number of thiazole rings is 1. The molecule has 31 heavy (non-hydrogen) atoms. The van der Waals surface area contributed by atoms with Gasteiger partial charge in [-0.2, -0.15) is 13.2 Å². The molecule has 0 N–H and O–H groups in total. The first-order chi connectivity index (χ1) is 14.4. The second-order valence-corrected chi connectivity index (χ2v) is 9.83. The number of aromatic nitrogens is 2. The summed E-state index contributed by atoms with van der Waals surface area (Å²) in [5.74, 6) is 1.09. The summed E-state index contributed by atoms with van der Waals surface area (Å²) >= 11 is 2.49. The molecule has 0 saturated heterocycles. The monoisotopic (exact) mass is 564 g/mol. The van der Waals surface area contributed by atoms with Gasteiger partial charge < -0.3 is 9.47 Å². The summed E-state index contributed by atoms with van der Waals surface area (Å²) < 4.78 is 51.6. The molecule has 2 aromatic heterocycles. The predicted octanol–water partition coefficient (Wildman–Crippen LogP) is 5.98. The molecule has 166 valence electrons. The molecular formula is C21H20F3IN2O3S. The first-order valence-electron chi connectivity index (χ1n) is 9.17. The maximum atomic E-state index is 13.2. The molecule has 2 heterocycles. The number of rotatable bonds is 5. The van der Waals surface area contributed by atoms with Crippen molar-refractivity contribution in [1.82, 2.24) is 9.38 Å². The van der Waals surface area contributed by atoms with Gasteiger partial charge in [-0.3, -0.25) is 4.79 Å². The number of hydrogen-bond donors (Lipinski definition) is 0. The highest BCUT2D eigenvalue weighted by atomic mass is 127. The minimum absolute atomic E-state index is 0.0211. The van der Waals surface area contributed by atoms with Crippen LogP contribution in [0, 0.1) is 8.99 Å². The highest BCUT2D eigenvalue weighted by Crippen LogP contribution is 2.34. The molecule has 0 atom stereocenters. The Bertz CT molecular complexity index is 1190. The maximum absolute atomic E-state index is 13.2. The zero-order valence-corrected chi connectivity index (χ0v) is 20.2. The molecule has 0 radical (unpaired) electrons. The van der Waals surface area contributed by atoms with Crippen LogP contribution in [-0.4, -0.2) is 23.1 Å². The zero-order chi connectivity index (χ0) is 23.0. The molecule has 0 saturated carbocycles. The first kappa shape index (κ1) is 23.6. The number of alkyl halides is 3. The summed E-state index contributed by atoms with van der Waals surface area (Å²) in [6.45, 7) is 6.59. The highest BCUT2D eigenvalue weighted by molar-refractivity contribution is 14.1. The zero-order valence-electron chi connectivity index (χ0n) is 17.2. The highest BCUT2D eigenvalue weighted by Gasteiger charge is 2.35. The van der Waals surface area contributed by atoms with Gasteiger partial charge in [0.2, 0.25) is 0 Å². The second kappa shape index (κ2) is 8.81. The standard InChI is InChI=1S/C21H20F3IN2O3S/c1-20(2,3)11-30-17-12(6-5-7-14(17)29-4)8-9-13-16(25)18(28)27-15(21(22,23)24)10-31-19(27)26-13/h5-10H,11H2,1-4H3. The van der Waals surface area contributed by atoms with E-state index in [4.69, 9.17) is 9.47 Å². The van der Waals surface area contributed by atoms with Gasteiger partial charge in [-0.25, -0.2) is 9.38 Å². The van der Waals surface area contributed by atoms with E-state index in [9.17, 15) is 18.0 Å². The van der Waals surface area contributed by atoms with Crippen LogP contribution in [0.2, 0.25) is 0 Å². The Hall–Kier alpha value is -2.08. The Balaban J connectivity index is 2.04. The third-order valence-corrected chi connectivity index (χ3v) is 5.97. The van der Waals surface area contributed by atoms with Crippen molar-refractivity contribution < 1.29 is 22.6 Å². The van der Waals surface area contributed by atoms with Crippen LogP contribution in [0.3, 0.4) is 0 Å². The summed E-state index contributed by atoms with van der Waals surface area (Å²) in [5, 5.41) is 0.897. The lowest BCUT2D eigenvalue weighted by Crippen LogP contribution is -2.23. The van der Waals surface area contributed by atoms with Crippen LogP contribution in [0.15, 0.2) is 28.4 Å².